The second kappa shape index (κ2) is 10.3. The number of methoxy groups -OCH3 is 1. The molecule has 3 N–H and O–H groups in total. The Morgan fingerprint density at radius 1 is 1.03 bits per heavy atom. The predicted octanol–water partition coefficient (Wildman–Crippen LogP) is 7.08. The molecule has 0 bridgehead atoms. The molecule has 0 unspecified atom stereocenters. The number of nitrogens with zero attached hydrogens (tertiary/aromatic N) is 2. The maximum absolute atomic E-state index is 13.2. The van der Waals surface area contributed by atoms with E-state index < -0.39 is 26.7 Å². The number of rotatable bonds is 6. The van der Waals surface area contributed by atoms with Crippen molar-refractivity contribution in [2.45, 2.75) is 11.8 Å². The monoisotopic (exact) mass is 559 g/mol. The Balaban J connectivity index is 1.85. The lowest BCUT2D eigenvalue weighted by molar-refractivity contribution is 0.102. The molecule has 0 atom stereocenters. The second-order valence-electron chi connectivity index (χ2n) is 7.91. The van der Waals surface area contributed by atoms with Gasteiger partial charge in [0.2, 0.25) is 0 Å². The number of phenols is 1. The molecule has 190 valence electrons. The van der Waals surface area contributed by atoms with Crippen LogP contribution in [0.15, 0.2) is 75.8 Å². The van der Waals surface area contributed by atoms with Gasteiger partial charge in [-0.15, -0.1) is 10.2 Å². The molecule has 0 heterocycles. The van der Waals surface area contributed by atoms with E-state index in [2.05, 4.69) is 15.5 Å². The SMILES string of the molecule is COc1cc(Cl)ccc1NC(=O)c1cc2ccccc2c(N=Nc2cc(C)cc(Cl)c2S(=O)(=O)O)c1O. The normalized spacial score (nSPS) is 11.7. The number of carbonyl (C=O) groups is 1. The van der Waals surface area contributed by atoms with Gasteiger partial charge in [0.25, 0.3) is 16.0 Å². The van der Waals surface area contributed by atoms with Crippen molar-refractivity contribution in [3.8, 4) is 11.5 Å². The minimum absolute atomic E-state index is 0.0924. The van der Waals surface area contributed by atoms with Crippen molar-refractivity contribution in [3.63, 3.8) is 0 Å². The lowest BCUT2D eigenvalue weighted by atomic mass is 10.0. The number of nitrogens with one attached hydrogen (secondary N) is 1. The van der Waals surface area contributed by atoms with Crippen molar-refractivity contribution in [2.24, 2.45) is 10.2 Å². The molecule has 0 aliphatic heterocycles. The Kier molecular flexibility index (Phi) is 7.37. The summed E-state index contributed by atoms with van der Waals surface area (Å²) in [6.07, 6.45) is 0. The summed E-state index contributed by atoms with van der Waals surface area (Å²) in [5.41, 5.74) is 0.425. The summed E-state index contributed by atoms with van der Waals surface area (Å²) < 4.78 is 38.7. The fourth-order valence-corrected chi connectivity index (χ4v) is 5.09. The molecule has 9 nitrogen and oxygen atoms in total. The van der Waals surface area contributed by atoms with E-state index in [1.165, 1.54) is 31.4 Å². The Labute approximate surface area is 222 Å². The molecule has 0 radical (unpaired) electrons. The molecular weight excluding hydrogens is 541 g/mol. The van der Waals surface area contributed by atoms with Crippen LogP contribution in [0.25, 0.3) is 10.8 Å². The zero-order chi connectivity index (χ0) is 26.9. The zero-order valence-corrected chi connectivity index (χ0v) is 21.7. The average Bonchev–Trinajstić information content (AvgIpc) is 2.82. The van der Waals surface area contributed by atoms with Crippen LogP contribution in [0.2, 0.25) is 10.0 Å². The number of carbonyl (C=O) groups excluding carboxylic acids is 1. The molecule has 12 heteroatoms. The van der Waals surface area contributed by atoms with E-state index in [0.29, 0.717) is 32.8 Å². The summed E-state index contributed by atoms with van der Waals surface area (Å²) >= 11 is 12.0. The first kappa shape index (κ1) is 26.4. The number of halogens is 2. The number of amides is 1. The molecule has 4 aromatic rings. The molecule has 0 saturated carbocycles. The number of ether oxygens (including phenoxy) is 1. The van der Waals surface area contributed by atoms with Gasteiger partial charge in [-0.1, -0.05) is 47.5 Å². The van der Waals surface area contributed by atoms with Gasteiger partial charge in [-0.25, -0.2) is 0 Å². The Hall–Kier alpha value is -3.70. The van der Waals surface area contributed by atoms with Crippen LogP contribution in [0.5, 0.6) is 11.5 Å². The van der Waals surface area contributed by atoms with Crippen molar-refractivity contribution in [1.29, 1.82) is 0 Å². The van der Waals surface area contributed by atoms with Crippen molar-refractivity contribution in [3.05, 3.63) is 81.8 Å². The highest BCUT2D eigenvalue weighted by molar-refractivity contribution is 7.86. The largest absolute Gasteiger partial charge is 0.505 e. The number of anilines is 1. The van der Waals surface area contributed by atoms with Gasteiger partial charge < -0.3 is 15.2 Å². The van der Waals surface area contributed by atoms with Gasteiger partial charge in [-0.05, 0) is 48.2 Å². The summed E-state index contributed by atoms with van der Waals surface area (Å²) in [6, 6.07) is 15.6. The number of aryl methyl sites for hydroxylation is 1. The molecule has 1 amide bonds. The predicted molar refractivity (Wildman–Crippen MR) is 142 cm³/mol. The number of hydrogen-bond acceptors (Lipinski definition) is 7. The minimum atomic E-state index is -4.74. The minimum Gasteiger partial charge on any atom is -0.505 e. The smallest absolute Gasteiger partial charge is 0.298 e. The van der Waals surface area contributed by atoms with E-state index in [9.17, 15) is 22.9 Å². The molecule has 0 fully saturated rings. The Bertz CT molecular complexity index is 1690. The topological polar surface area (TPSA) is 138 Å². The maximum Gasteiger partial charge on any atom is 0.298 e. The van der Waals surface area contributed by atoms with Gasteiger partial charge in [0, 0.05) is 16.5 Å². The lowest BCUT2D eigenvalue weighted by Crippen LogP contribution is -2.13. The third-order valence-corrected chi connectivity index (χ3v) is 6.93. The highest BCUT2D eigenvalue weighted by Crippen LogP contribution is 2.41. The van der Waals surface area contributed by atoms with E-state index in [-0.39, 0.29) is 22.0 Å². The highest BCUT2D eigenvalue weighted by atomic mass is 35.5. The first-order chi connectivity index (χ1) is 17.5. The van der Waals surface area contributed by atoms with Gasteiger partial charge in [0.1, 0.15) is 22.0 Å². The fourth-order valence-electron chi connectivity index (χ4n) is 3.69. The zero-order valence-electron chi connectivity index (χ0n) is 19.4. The van der Waals surface area contributed by atoms with Crippen LogP contribution in [0.3, 0.4) is 0 Å². The first-order valence-corrected chi connectivity index (χ1v) is 12.8. The van der Waals surface area contributed by atoms with E-state index in [1.54, 1.807) is 43.3 Å². The van der Waals surface area contributed by atoms with Crippen LogP contribution in [-0.2, 0) is 10.1 Å². The van der Waals surface area contributed by atoms with Gasteiger partial charge >= 0.3 is 0 Å². The summed E-state index contributed by atoms with van der Waals surface area (Å²) in [5, 5.41) is 22.9. The second-order valence-corrected chi connectivity index (χ2v) is 10.1. The highest BCUT2D eigenvalue weighted by Gasteiger charge is 2.22. The van der Waals surface area contributed by atoms with Crippen LogP contribution in [0.4, 0.5) is 17.1 Å². The molecule has 0 saturated heterocycles. The van der Waals surface area contributed by atoms with Crippen LogP contribution in [0, 0.1) is 6.92 Å². The van der Waals surface area contributed by atoms with Gasteiger partial charge in [0.05, 0.1) is 23.4 Å². The summed E-state index contributed by atoms with van der Waals surface area (Å²) in [4.78, 5) is 12.5. The van der Waals surface area contributed by atoms with Gasteiger partial charge in [-0.2, -0.15) is 8.42 Å². The summed E-state index contributed by atoms with van der Waals surface area (Å²) in [6.45, 7) is 1.65. The van der Waals surface area contributed by atoms with E-state index >= 15 is 0 Å². The van der Waals surface area contributed by atoms with Crippen molar-refractivity contribution in [1.82, 2.24) is 0 Å². The molecule has 37 heavy (non-hydrogen) atoms. The van der Waals surface area contributed by atoms with Crippen molar-refractivity contribution < 1.29 is 27.6 Å². The van der Waals surface area contributed by atoms with E-state index in [4.69, 9.17) is 27.9 Å². The number of hydrogen-bond donors (Lipinski definition) is 3. The number of azo groups is 1. The molecule has 4 aromatic carbocycles. The van der Waals surface area contributed by atoms with Crippen molar-refractivity contribution in [2.75, 3.05) is 12.4 Å². The lowest BCUT2D eigenvalue weighted by Gasteiger charge is -2.13. The first-order valence-electron chi connectivity index (χ1n) is 10.6. The number of benzene rings is 4. The third-order valence-electron chi connectivity index (χ3n) is 5.34. The number of aromatic hydroxyl groups is 1. The van der Waals surface area contributed by atoms with Crippen LogP contribution in [-0.4, -0.2) is 31.1 Å². The fraction of sp³-hybridized carbons (Fsp3) is 0.0800. The van der Waals surface area contributed by atoms with E-state index in [0.717, 1.165) is 0 Å². The Morgan fingerprint density at radius 2 is 1.76 bits per heavy atom. The van der Waals surface area contributed by atoms with Gasteiger partial charge in [0.15, 0.2) is 5.75 Å². The molecule has 0 aliphatic rings. The number of fused-ring (bicyclic) bond motifs is 1. The van der Waals surface area contributed by atoms with Crippen molar-refractivity contribution >= 4 is 67.1 Å². The van der Waals surface area contributed by atoms with E-state index in [1.807, 2.05) is 0 Å². The van der Waals surface area contributed by atoms with Gasteiger partial charge in [-0.3, -0.25) is 9.35 Å². The van der Waals surface area contributed by atoms with Crippen LogP contribution >= 0.6 is 23.2 Å². The maximum atomic E-state index is 13.2. The average molecular weight is 560 g/mol. The molecule has 0 aromatic heterocycles. The Morgan fingerprint density at radius 3 is 2.46 bits per heavy atom. The number of phenolic OH excluding ortho intramolecular Hbond substituents is 1. The quantitative estimate of drug-likeness (QED) is 0.170. The van der Waals surface area contributed by atoms with Crippen LogP contribution in [0.1, 0.15) is 15.9 Å². The molecule has 0 aliphatic carbocycles. The summed E-state index contributed by atoms with van der Waals surface area (Å²) in [5.74, 6) is -0.854. The molecule has 0 spiro atoms. The molecule has 4 rings (SSSR count). The summed E-state index contributed by atoms with van der Waals surface area (Å²) in [7, 11) is -3.32. The third kappa shape index (κ3) is 5.52. The van der Waals surface area contributed by atoms with Crippen LogP contribution < -0.4 is 10.1 Å². The molecular formula is C25H19Cl2N3O6S. The standard InChI is InChI=1S/C25H19Cl2N3O6S/c1-13-9-18(27)24(37(33,34)35)20(10-13)29-30-22-16-6-4-3-5-14(16)11-17(23(22)31)25(32)28-19-8-7-15(26)12-21(19)36-2/h3-12,31H,1-2H3,(H,28,32)(H,33,34,35).